The van der Waals surface area contributed by atoms with Gasteiger partial charge in [0.2, 0.25) is 5.91 Å². The van der Waals surface area contributed by atoms with Crippen LogP contribution < -0.4 is 15.8 Å². The van der Waals surface area contributed by atoms with Gasteiger partial charge in [0.1, 0.15) is 5.75 Å². The molecule has 1 aromatic rings. The van der Waals surface area contributed by atoms with Crippen molar-refractivity contribution in [3.63, 3.8) is 0 Å². The highest BCUT2D eigenvalue weighted by atomic mass is 16.5. The van der Waals surface area contributed by atoms with Gasteiger partial charge in [0.15, 0.2) is 0 Å². The highest BCUT2D eigenvalue weighted by molar-refractivity contribution is 5.83. The van der Waals surface area contributed by atoms with Crippen LogP contribution in [-0.2, 0) is 11.3 Å². The van der Waals surface area contributed by atoms with E-state index in [4.69, 9.17) is 10.5 Å². The zero-order chi connectivity index (χ0) is 13.0. The molecule has 2 rings (SSSR count). The highest BCUT2D eigenvalue weighted by Gasteiger charge is 2.42. The number of rotatable bonds is 5. The average Bonchev–Trinajstić information content (AvgIpc) is 2.36. The SMILES string of the molecule is COc1ccccc1CNC(=O)C1(CN)CCC1. The lowest BCUT2D eigenvalue weighted by atomic mass is 9.68. The molecule has 0 aliphatic heterocycles. The lowest BCUT2D eigenvalue weighted by Gasteiger charge is -2.39. The number of benzene rings is 1. The molecule has 0 saturated heterocycles. The van der Waals surface area contributed by atoms with E-state index < -0.39 is 0 Å². The fraction of sp³-hybridized carbons (Fsp3) is 0.500. The van der Waals surface area contributed by atoms with Crippen LogP contribution >= 0.6 is 0 Å². The molecule has 18 heavy (non-hydrogen) atoms. The van der Waals surface area contributed by atoms with Gasteiger partial charge in [0.05, 0.1) is 12.5 Å². The first kappa shape index (κ1) is 12.9. The minimum Gasteiger partial charge on any atom is -0.496 e. The van der Waals surface area contributed by atoms with Crippen molar-refractivity contribution in [3.8, 4) is 5.75 Å². The smallest absolute Gasteiger partial charge is 0.227 e. The van der Waals surface area contributed by atoms with Crippen LogP contribution in [0.2, 0.25) is 0 Å². The van der Waals surface area contributed by atoms with Gasteiger partial charge >= 0.3 is 0 Å². The Labute approximate surface area is 108 Å². The molecule has 0 aromatic heterocycles. The largest absolute Gasteiger partial charge is 0.496 e. The van der Waals surface area contributed by atoms with Crippen LogP contribution in [0.1, 0.15) is 24.8 Å². The molecular formula is C14H20N2O2. The Morgan fingerprint density at radius 1 is 1.44 bits per heavy atom. The van der Waals surface area contributed by atoms with Gasteiger partial charge in [-0.1, -0.05) is 24.6 Å². The molecule has 0 bridgehead atoms. The first-order chi connectivity index (χ1) is 8.72. The summed E-state index contributed by atoms with van der Waals surface area (Å²) in [6.07, 6.45) is 2.90. The summed E-state index contributed by atoms with van der Waals surface area (Å²) in [7, 11) is 1.63. The minimum atomic E-state index is -0.317. The minimum absolute atomic E-state index is 0.0714. The molecule has 0 heterocycles. The van der Waals surface area contributed by atoms with Crippen molar-refractivity contribution in [1.29, 1.82) is 0 Å². The van der Waals surface area contributed by atoms with E-state index in [0.29, 0.717) is 13.1 Å². The van der Waals surface area contributed by atoms with Crippen LogP contribution in [0.3, 0.4) is 0 Å². The molecule has 4 nitrogen and oxygen atoms in total. The number of nitrogens with one attached hydrogen (secondary N) is 1. The number of methoxy groups -OCH3 is 1. The molecule has 1 amide bonds. The molecule has 0 atom stereocenters. The Kier molecular flexibility index (Phi) is 3.87. The number of carbonyl (C=O) groups excluding carboxylic acids is 1. The maximum atomic E-state index is 12.1. The molecule has 98 valence electrons. The fourth-order valence-corrected chi connectivity index (χ4v) is 2.34. The quantitative estimate of drug-likeness (QED) is 0.828. The first-order valence-corrected chi connectivity index (χ1v) is 6.32. The molecule has 4 heteroatoms. The summed E-state index contributed by atoms with van der Waals surface area (Å²) in [5.41, 5.74) is 6.38. The number of ether oxygens (including phenoxy) is 1. The van der Waals surface area contributed by atoms with Crippen molar-refractivity contribution in [2.24, 2.45) is 11.1 Å². The molecule has 0 spiro atoms. The summed E-state index contributed by atoms with van der Waals surface area (Å²) in [5, 5.41) is 2.97. The average molecular weight is 248 g/mol. The Morgan fingerprint density at radius 2 is 2.17 bits per heavy atom. The van der Waals surface area contributed by atoms with Crippen LogP contribution in [0.4, 0.5) is 0 Å². The van der Waals surface area contributed by atoms with Crippen LogP contribution in [0.15, 0.2) is 24.3 Å². The third-order valence-electron chi connectivity index (χ3n) is 3.81. The molecular weight excluding hydrogens is 228 g/mol. The van der Waals surface area contributed by atoms with Gasteiger partial charge in [-0.2, -0.15) is 0 Å². The summed E-state index contributed by atoms with van der Waals surface area (Å²) in [5.74, 6) is 0.871. The Balaban J connectivity index is 1.97. The topological polar surface area (TPSA) is 64.3 Å². The van der Waals surface area contributed by atoms with E-state index in [1.54, 1.807) is 7.11 Å². The maximum Gasteiger partial charge on any atom is 0.227 e. The van der Waals surface area contributed by atoms with Gasteiger partial charge in [0.25, 0.3) is 0 Å². The third kappa shape index (κ3) is 2.34. The lowest BCUT2D eigenvalue weighted by molar-refractivity contribution is -0.135. The van der Waals surface area contributed by atoms with Crippen molar-refractivity contribution in [2.45, 2.75) is 25.8 Å². The van der Waals surface area contributed by atoms with E-state index in [2.05, 4.69) is 5.32 Å². The molecule has 1 aliphatic rings. The normalized spacial score (nSPS) is 16.8. The number of nitrogens with two attached hydrogens (primary N) is 1. The molecule has 1 saturated carbocycles. The third-order valence-corrected chi connectivity index (χ3v) is 3.81. The molecule has 1 fully saturated rings. The van der Waals surface area contributed by atoms with Crippen LogP contribution in [0.25, 0.3) is 0 Å². The molecule has 0 radical (unpaired) electrons. The predicted octanol–water partition coefficient (Wildman–Crippen LogP) is 1.44. The van der Waals surface area contributed by atoms with Gasteiger partial charge in [-0.25, -0.2) is 0 Å². The van der Waals surface area contributed by atoms with E-state index in [1.807, 2.05) is 24.3 Å². The van der Waals surface area contributed by atoms with Crippen molar-refractivity contribution in [1.82, 2.24) is 5.32 Å². The summed E-state index contributed by atoms with van der Waals surface area (Å²) in [4.78, 5) is 12.1. The van der Waals surface area contributed by atoms with Crippen LogP contribution in [-0.4, -0.2) is 19.6 Å². The van der Waals surface area contributed by atoms with Crippen molar-refractivity contribution >= 4 is 5.91 Å². The second kappa shape index (κ2) is 5.40. The second-order valence-corrected chi connectivity index (χ2v) is 4.83. The van der Waals surface area contributed by atoms with E-state index in [9.17, 15) is 4.79 Å². The summed E-state index contributed by atoms with van der Waals surface area (Å²) >= 11 is 0. The Bertz CT molecular complexity index is 422. The van der Waals surface area contributed by atoms with Crippen molar-refractivity contribution in [2.75, 3.05) is 13.7 Å². The number of para-hydroxylation sites is 1. The molecule has 3 N–H and O–H groups in total. The highest BCUT2D eigenvalue weighted by Crippen LogP contribution is 2.40. The van der Waals surface area contributed by atoms with E-state index in [-0.39, 0.29) is 11.3 Å². The molecule has 1 aromatic carbocycles. The monoisotopic (exact) mass is 248 g/mol. The van der Waals surface area contributed by atoms with E-state index in [1.165, 1.54) is 0 Å². The maximum absolute atomic E-state index is 12.1. The first-order valence-electron chi connectivity index (χ1n) is 6.32. The lowest BCUT2D eigenvalue weighted by Crippen LogP contribution is -2.50. The van der Waals surface area contributed by atoms with Gasteiger partial charge in [-0.05, 0) is 18.9 Å². The van der Waals surface area contributed by atoms with Gasteiger partial charge < -0.3 is 15.8 Å². The summed E-state index contributed by atoms with van der Waals surface area (Å²) in [6, 6.07) is 7.70. The van der Waals surface area contributed by atoms with Crippen LogP contribution in [0, 0.1) is 5.41 Å². The number of carbonyl (C=O) groups is 1. The zero-order valence-electron chi connectivity index (χ0n) is 10.7. The van der Waals surface area contributed by atoms with E-state index in [0.717, 1.165) is 30.6 Å². The summed E-state index contributed by atoms with van der Waals surface area (Å²) < 4.78 is 5.25. The fourth-order valence-electron chi connectivity index (χ4n) is 2.34. The number of hydrogen-bond acceptors (Lipinski definition) is 3. The van der Waals surface area contributed by atoms with E-state index >= 15 is 0 Å². The zero-order valence-corrected chi connectivity index (χ0v) is 10.7. The van der Waals surface area contributed by atoms with Crippen LogP contribution in [0.5, 0.6) is 5.75 Å². The summed E-state index contributed by atoms with van der Waals surface area (Å²) in [6.45, 7) is 0.926. The standard InChI is InChI=1S/C14H20N2O2/c1-18-12-6-3-2-5-11(12)9-16-13(17)14(10-15)7-4-8-14/h2-3,5-6H,4,7-10,15H2,1H3,(H,16,17). The molecule has 1 aliphatic carbocycles. The second-order valence-electron chi connectivity index (χ2n) is 4.83. The Morgan fingerprint density at radius 3 is 2.72 bits per heavy atom. The van der Waals surface area contributed by atoms with Gasteiger partial charge in [0, 0.05) is 18.7 Å². The number of amides is 1. The van der Waals surface area contributed by atoms with Gasteiger partial charge in [-0.3, -0.25) is 4.79 Å². The Hall–Kier alpha value is -1.55. The predicted molar refractivity (Wildman–Crippen MR) is 70.2 cm³/mol. The molecule has 0 unspecified atom stereocenters. The number of hydrogen-bond donors (Lipinski definition) is 2. The van der Waals surface area contributed by atoms with Crippen molar-refractivity contribution in [3.05, 3.63) is 29.8 Å². The van der Waals surface area contributed by atoms with Gasteiger partial charge in [-0.15, -0.1) is 0 Å². The van der Waals surface area contributed by atoms with Crippen molar-refractivity contribution < 1.29 is 9.53 Å².